The van der Waals surface area contributed by atoms with E-state index in [1.807, 2.05) is 18.9 Å². The van der Waals surface area contributed by atoms with Crippen molar-refractivity contribution in [2.45, 2.75) is 32.9 Å². The summed E-state index contributed by atoms with van der Waals surface area (Å²) in [5.74, 6) is -1.03. The average Bonchev–Trinajstić information content (AvgIpc) is 2.43. The highest BCUT2D eigenvalue weighted by Crippen LogP contribution is 2.06. The molecule has 7 nitrogen and oxygen atoms in total. The van der Waals surface area contributed by atoms with Gasteiger partial charge in [0.25, 0.3) is 5.56 Å². The summed E-state index contributed by atoms with van der Waals surface area (Å²) in [6.07, 6.45) is 0.895. The van der Waals surface area contributed by atoms with Crippen LogP contribution in [0.3, 0.4) is 0 Å². The van der Waals surface area contributed by atoms with Crippen LogP contribution in [0.15, 0.2) is 17.1 Å². The van der Waals surface area contributed by atoms with Gasteiger partial charge in [-0.05, 0) is 13.8 Å². The lowest BCUT2D eigenvalue weighted by Gasteiger charge is -2.17. The molecule has 0 aromatic carbocycles. The Labute approximate surface area is 117 Å². The molecule has 20 heavy (non-hydrogen) atoms. The molecule has 0 amide bonds. The van der Waals surface area contributed by atoms with Gasteiger partial charge < -0.3 is 14.7 Å². The number of carbonyl (C=O) groups is 1. The summed E-state index contributed by atoms with van der Waals surface area (Å²) in [4.78, 5) is 24.7. The number of aliphatic carboxylic acids is 1. The fourth-order valence-electron chi connectivity index (χ4n) is 1.70. The van der Waals surface area contributed by atoms with Gasteiger partial charge in [0.05, 0.1) is 11.9 Å². The van der Waals surface area contributed by atoms with Gasteiger partial charge in [-0.2, -0.15) is 5.10 Å². The summed E-state index contributed by atoms with van der Waals surface area (Å²) in [6, 6.07) is 1.49. The van der Waals surface area contributed by atoms with Crippen LogP contribution in [0.5, 0.6) is 0 Å². The van der Waals surface area contributed by atoms with Crippen LogP contribution in [0.25, 0.3) is 0 Å². The van der Waals surface area contributed by atoms with Crippen molar-refractivity contribution >= 4 is 11.7 Å². The van der Waals surface area contributed by atoms with Crippen LogP contribution in [-0.4, -0.2) is 47.2 Å². The number of carboxylic acids is 1. The Balaban J connectivity index is 2.73. The summed E-state index contributed by atoms with van der Waals surface area (Å²) in [5, 5.41) is 13.0. The molecule has 112 valence electrons. The van der Waals surface area contributed by atoms with Gasteiger partial charge in [0.2, 0.25) is 0 Å². The molecular formula is C13H21N3O4. The lowest BCUT2D eigenvalue weighted by molar-refractivity contribution is -0.150. The SMILES string of the molecule is CCOC(CCn1ncc(N(C)CC)cc1=O)C(=O)O. The number of hydrogen-bond donors (Lipinski definition) is 1. The van der Waals surface area contributed by atoms with E-state index in [0.29, 0.717) is 6.61 Å². The maximum absolute atomic E-state index is 11.9. The second-order valence-corrected chi connectivity index (χ2v) is 4.36. The summed E-state index contributed by atoms with van der Waals surface area (Å²) >= 11 is 0. The monoisotopic (exact) mass is 283 g/mol. The third-order valence-corrected chi connectivity index (χ3v) is 3.02. The van der Waals surface area contributed by atoms with Gasteiger partial charge in [0, 0.05) is 39.2 Å². The molecule has 0 saturated heterocycles. The Bertz CT molecular complexity index is 501. The van der Waals surface area contributed by atoms with E-state index in [4.69, 9.17) is 9.84 Å². The van der Waals surface area contributed by atoms with Crippen LogP contribution in [0.4, 0.5) is 5.69 Å². The molecule has 7 heteroatoms. The third kappa shape index (κ3) is 4.34. The number of ether oxygens (including phenoxy) is 1. The number of carboxylic acid groups (broad SMARTS) is 1. The van der Waals surface area contributed by atoms with Crippen LogP contribution in [0.1, 0.15) is 20.3 Å². The molecule has 0 saturated carbocycles. The Morgan fingerprint density at radius 1 is 1.55 bits per heavy atom. The number of rotatable bonds is 8. The van der Waals surface area contributed by atoms with Gasteiger partial charge >= 0.3 is 5.97 Å². The van der Waals surface area contributed by atoms with E-state index >= 15 is 0 Å². The molecule has 1 unspecified atom stereocenters. The van der Waals surface area contributed by atoms with E-state index in [2.05, 4.69) is 5.10 Å². The van der Waals surface area contributed by atoms with Crippen molar-refractivity contribution in [3.63, 3.8) is 0 Å². The summed E-state index contributed by atoms with van der Waals surface area (Å²) in [7, 11) is 1.87. The minimum absolute atomic E-state index is 0.207. The van der Waals surface area contributed by atoms with Crippen molar-refractivity contribution in [1.82, 2.24) is 9.78 Å². The zero-order valence-corrected chi connectivity index (χ0v) is 12.1. The maximum atomic E-state index is 11.9. The molecule has 1 rings (SSSR count). The van der Waals surface area contributed by atoms with E-state index in [1.54, 1.807) is 13.1 Å². The number of anilines is 1. The van der Waals surface area contributed by atoms with Crippen LogP contribution in [-0.2, 0) is 16.1 Å². The predicted octanol–water partition coefficient (Wildman–Crippen LogP) is 0.579. The number of aryl methyl sites for hydroxylation is 1. The van der Waals surface area contributed by atoms with Crippen molar-refractivity contribution in [2.75, 3.05) is 25.1 Å². The number of aromatic nitrogens is 2. The largest absolute Gasteiger partial charge is 0.479 e. The van der Waals surface area contributed by atoms with Crippen LogP contribution in [0.2, 0.25) is 0 Å². The second-order valence-electron chi connectivity index (χ2n) is 4.36. The minimum atomic E-state index is -1.03. The maximum Gasteiger partial charge on any atom is 0.332 e. The van der Waals surface area contributed by atoms with Gasteiger partial charge in [-0.3, -0.25) is 4.79 Å². The Morgan fingerprint density at radius 3 is 2.75 bits per heavy atom. The quantitative estimate of drug-likeness (QED) is 0.751. The van der Waals surface area contributed by atoms with E-state index in [1.165, 1.54) is 10.7 Å². The Kier molecular flexibility index (Phi) is 6.17. The highest BCUT2D eigenvalue weighted by Gasteiger charge is 2.17. The van der Waals surface area contributed by atoms with Crippen molar-refractivity contribution in [3.05, 3.63) is 22.6 Å². The van der Waals surface area contributed by atoms with Crippen molar-refractivity contribution in [3.8, 4) is 0 Å². The Morgan fingerprint density at radius 2 is 2.25 bits per heavy atom. The molecule has 0 spiro atoms. The van der Waals surface area contributed by atoms with Crippen LogP contribution in [0, 0.1) is 0 Å². The molecular weight excluding hydrogens is 262 g/mol. The molecule has 1 N–H and O–H groups in total. The fraction of sp³-hybridized carbons (Fsp3) is 0.615. The van der Waals surface area contributed by atoms with Gasteiger partial charge in [-0.25, -0.2) is 9.48 Å². The van der Waals surface area contributed by atoms with Gasteiger partial charge in [-0.1, -0.05) is 0 Å². The minimum Gasteiger partial charge on any atom is -0.479 e. The molecule has 1 aromatic rings. The van der Waals surface area contributed by atoms with Gasteiger partial charge in [-0.15, -0.1) is 0 Å². The molecule has 0 aliphatic rings. The lowest BCUT2D eigenvalue weighted by atomic mass is 10.2. The molecule has 0 aliphatic heterocycles. The Hall–Kier alpha value is -1.89. The third-order valence-electron chi connectivity index (χ3n) is 3.02. The number of hydrogen-bond acceptors (Lipinski definition) is 5. The zero-order chi connectivity index (χ0) is 15.1. The normalized spacial score (nSPS) is 12.2. The predicted molar refractivity (Wildman–Crippen MR) is 75.1 cm³/mol. The first-order valence-corrected chi connectivity index (χ1v) is 6.62. The molecule has 0 fully saturated rings. The molecule has 1 aromatic heterocycles. The summed E-state index contributed by atoms with van der Waals surface area (Å²) < 4.78 is 6.35. The standard InChI is InChI=1S/C13H21N3O4/c1-4-15(3)10-8-12(17)16(14-9-10)7-6-11(13(18)19)20-5-2/h8-9,11H,4-7H2,1-3H3,(H,18,19). The fourth-order valence-corrected chi connectivity index (χ4v) is 1.70. The smallest absolute Gasteiger partial charge is 0.332 e. The van der Waals surface area contributed by atoms with Crippen LogP contribution < -0.4 is 10.5 Å². The lowest BCUT2D eigenvalue weighted by Crippen LogP contribution is -2.30. The topological polar surface area (TPSA) is 84.7 Å². The summed E-state index contributed by atoms with van der Waals surface area (Å²) in [5.41, 5.74) is 0.497. The van der Waals surface area contributed by atoms with Gasteiger partial charge in [0.15, 0.2) is 6.10 Å². The van der Waals surface area contributed by atoms with E-state index in [9.17, 15) is 9.59 Å². The molecule has 1 atom stereocenters. The first kappa shape index (κ1) is 16.2. The molecule has 0 radical (unpaired) electrons. The van der Waals surface area contributed by atoms with Crippen LogP contribution >= 0.6 is 0 Å². The molecule has 0 bridgehead atoms. The number of nitrogens with zero attached hydrogens (tertiary/aromatic N) is 3. The van der Waals surface area contributed by atoms with Crippen molar-refractivity contribution in [2.24, 2.45) is 0 Å². The average molecular weight is 283 g/mol. The first-order valence-electron chi connectivity index (χ1n) is 6.62. The zero-order valence-electron chi connectivity index (χ0n) is 12.1. The summed E-state index contributed by atoms with van der Waals surface area (Å²) in [6.45, 7) is 5.02. The first-order chi connectivity index (χ1) is 9.49. The highest BCUT2D eigenvalue weighted by atomic mass is 16.5. The molecule has 1 heterocycles. The van der Waals surface area contributed by atoms with Crippen molar-refractivity contribution in [1.29, 1.82) is 0 Å². The van der Waals surface area contributed by atoms with E-state index in [-0.39, 0.29) is 18.5 Å². The van der Waals surface area contributed by atoms with E-state index in [0.717, 1.165) is 12.2 Å². The highest BCUT2D eigenvalue weighted by molar-refractivity contribution is 5.72. The second kappa shape index (κ2) is 7.64. The van der Waals surface area contributed by atoms with Crippen molar-refractivity contribution < 1.29 is 14.6 Å². The molecule has 0 aliphatic carbocycles. The van der Waals surface area contributed by atoms with Gasteiger partial charge in [0.1, 0.15) is 0 Å². The van der Waals surface area contributed by atoms with E-state index < -0.39 is 12.1 Å².